The Kier molecular flexibility index (Phi) is 3.96. The molecule has 0 atom stereocenters. The van der Waals surface area contributed by atoms with Gasteiger partial charge in [0.25, 0.3) is 0 Å². The van der Waals surface area contributed by atoms with Crippen LogP contribution in [0.25, 0.3) is 0 Å². The fraction of sp³-hybridized carbons (Fsp3) is 0.700. The normalized spacial score (nSPS) is 28.1. The van der Waals surface area contributed by atoms with Crippen LogP contribution in [0, 0.1) is 5.92 Å². The van der Waals surface area contributed by atoms with E-state index in [0.29, 0.717) is 12.6 Å². The molecule has 1 aliphatic carbocycles. The third kappa shape index (κ3) is 3.19. The molecule has 1 rings (SSSR count). The molecule has 3 heteroatoms. The standard InChI is InChI=1S/C10H18N2O/c1-2-7-12-10(13)8-3-5-9(11)6-4-8/h2,8-9H,1,3-7,11H2,(H,12,13). The molecule has 1 saturated carbocycles. The lowest BCUT2D eigenvalue weighted by Crippen LogP contribution is -2.36. The Bertz CT molecular complexity index is 183. The summed E-state index contributed by atoms with van der Waals surface area (Å²) in [6, 6.07) is 0.309. The van der Waals surface area contributed by atoms with Crippen LogP contribution in [-0.2, 0) is 4.79 Å². The molecule has 13 heavy (non-hydrogen) atoms. The average Bonchev–Trinajstić information content (AvgIpc) is 2.15. The van der Waals surface area contributed by atoms with E-state index in [0.717, 1.165) is 25.7 Å². The lowest BCUT2D eigenvalue weighted by Gasteiger charge is -2.24. The second-order valence-electron chi connectivity index (χ2n) is 3.65. The Balaban J connectivity index is 2.27. The van der Waals surface area contributed by atoms with Crippen LogP contribution in [0.15, 0.2) is 12.7 Å². The van der Waals surface area contributed by atoms with Gasteiger partial charge in [-0.05, 0) is 25.7 Å². The SMILES string of the molecule is C=CCNC(=O)C1CCC(N)CC1. The predicted octanol–water partition coefficient (Wildman–Crippen LogP) is 0.806. The van der Waals surface area contributed by atoms with E-state index in [1.54, 1.807) is 6.08 Å². The number of nitrogens with one attached hydrogen (secondary N) is 1. The smallest absolute Gasteiger partial charge is 0.223 e. The number of carbonyl (C=O) groups is 1. The van der Waals surface area contributed by atoms with E-state index in [-0.39, 0.29) is 11.8 Å². The van der Waals surface area contributed by atoms with Gasteiger partial charge in [-0.15, -0.1) is 6.58 Å². The average molecular weight is 182 g/mol. The summed E-state index contributed by atoms with van der Waals surface area (Å²) in [4.78, 5) is 11.5. The molecule has 0 radical (unpaired) electrons. The lowest BCUT2D eigenvalue weighted by molar-refractivity contribution is -0.125. The Labute approximate surface area is 79.4 Å². The van der Waals surface area contributed by atoms with Crippen LogP contribution in [-0.4, -0.2) is 18.5 Å². The van der Waals surface area contributed by atoms with E-state index in [4.69, 9.17) is 5.73 Å². The summed E-state index contributed by atoms with van der Waals surface area (Å²) in [6.07, 6.45) is 5.53. The van der Waals surface area contributed by atoms with E-state index in [9.17, 15) is 4.79 Å². The number of amides is 1. The monoisotopic (exact) mass is 182 g/mol. The fourth-order valence-electron chi connectivity index (χ4n) is 1.70. The predicted molar refractivity (Wildman–Crippen MR) is 53.1 cm³/mol. The van der Waals surface area contributed by atoms with Crippen LogP contribution in [0.5, 0.6) is 0 Å². The van der Waals surface area contributed by atoms with Crippen molar-refractivity contribution < 1.29 is 4.79 Å². The van der Waals surface area contributed by atoms with Crippen molar-refractivity contribution in [3.63, 3.8) is 0 Å². The van der Waals surface area contributed by atoms with Gasteiger partial charge in [0.2, 0.25) is 5.91 Å². The molecule has 0 aromatic rings. The number of nitrogens with two attached hydrogens (primary N) is 1. The van der Waals surface area contributed by atoms with Gasteiger partial charge in [-0.1, -0.05) is 6.08 Å². The van der Waals surface area contributed by atoms with Gasteiger partial charge in [-0.3, -0.25) is 4.79 Å². The van der Waals surface area contributed by atoms with E-state index < -0.39 is 0 Å². The molecule has 1 amide bonds. The minimum Gasteiger partial charge on any atom is -0.352 e. The van der Waals surface area contributed by atoms with E-state index >= 15 is 0 Å². The third-order valence-electron chi connectivity index (χ3n) is 2.56. The minimum atomic E-state index is 0.159. The van der Waals surface area contributed by atoms with Crippen molar-refractivity contribution in [2.45, 2.75) is 31.7 Å². The number of hydrogen-bond donors (Lipinski definition) is 2. The summed E-state index contributed by atoms with van der Waals surface area (Å²) >= 11 is 0. The highest BCUT2D eigenvalue weighted by Crippen LogP contribution is 2.22. The molecule has 0 unspecified atom stereocenters. The molecule has 0 aliphatic heterocycles. The second-order valence-corrected chi connectivity index (χ2v) is 3.65. The highest BCUT2D eigenvalue weighted by atomic mass is 16.1. The quantitative estimate of drug-likeness (QED) is 0.634. The van der Waals surface area contributed by atoms with Gasteiger partial charge in [0.15, 0.2) is 0 Å². The molecule has 3 N–H and O–H groups in total. The molecule has 0 aromatic heterocycles. The highest BCUT2D eigenvalue weighted by molar-refractivity contribution is 5.78. The molecule has 0 saturated heterocycles. The number of carbonyl (C=O) groups excluding carboxylic acids is 1. The van der Waals surface area contributed by atoms with Crippen molar-refractivity contribution in [1.29, 1.82) is 0 Å². The van der Waals surface area contributed by atoms with Crippen molar-refractivity contribution >= 4 is 5.91 Å². The van der Waals surface area contributed by atoms with Crippen LogP contribution in [0.3, 0.4) is 0 Å². The molecule has 1 fully saturated rings. The largest absolute Gasteiger partial charge is 0.352 e. The van der Waals surface area contributed by atoms with E-state index in [2.05, 4.69) is 11.9 Å². The van der Waals surface area contributed by atoms with Crippen molar-refractivity contribution in [2.75, 3.05) is 6.54 Å². The minimum absolute atomic E-state index is 0.159. The summed E-state index contributed by atoms with van der Waals surface area (Å²) < 4.78 is 0. The summed E-state index contributed by atoms with van der Waals surface area (Å²) in [7, 11) is 0. The molecule has 1 aliphatic rings. The van der Waals surface area contributed by atoms with Gasteiger partial charge in [-0.25, -0.2) is 0 Å². The van der Waals surface area contributed by atoms with Crippen molar-refractivity contribution in [2.24, 2.45) is 11.7 Å². The Morgan fingerprint density at radius 1 is 1.46 bits per heavy atom. The molecule has 0 aromatic carbocycles. The van der Waals surface area contributed by atoms with Crippen LogP contribution in [0.4, 0.5) is 0 Å². The summed E-state index contributed by atoms with van der Waals surface area (Å²) in [6.45, 7) is 4.13. The van der Waals surface area contributed by atoms with E-state index in [1.807, 2.05) is 0 Å². The van der Waals surface area contributed by atoms with Crippen LogP contribution < -0.4 is 11.1 Å². The van der Waals surface area contributed by atoms with Gasteiger partial charge in [0.05, 0.1) is 0 Å². The van der Waals surface area contributed by atoms with Gasteiger partial charge in [0, 0.05) is 18.5 Å². The van der Waals surface area contributed by atoms with E-state index in [1.165, 1.54) is 0 Å². The topological polar surface area (TPSA) is 55.1 Å². The van der Waals surface area contributed by atoms with Gasteiger partial charge >= 0.3 is 0 Å². The highest BCUT2D eigenvalue weighted by Gasteiger charge is 2.23. The maximum Gasteiger partial charge on any atom is 0.223 e. The summed E-state index contributed by atoms with van der Waals surface area (Å²) in [5.41, 5.74) is 5.75. The maximum atomic E-state index is 11.5. The fourth-order valence-corrected chi connectivity index (χ4v) is 1.70. The first-order chi connectivity index (χ1) is 6.24. The molecule has 0 spiro atoms. The van der Waals surface area contributed by atoms with Crippen molar-refractivity contribution in [1.82, 2.24) is 5.32 Å². The van der Waals surface area contributed by atoms with Crippen LogP contribution in [0.2, 0.25) is 0 Å². The van der Waals surface area contributed by atoms with Crippen molar-refractivity contribution in [3.8, 4) is 0 Å². The Hall–Kier alpha value is -0.830. The lowest BCUT2D eigenvalue weighted by atomic mass is 9.86. The molecule has 0 bridgehead atoms. The number of rotatable bonds is 3. The zero-order valence-electron chi connectivity index (χ0n) is 7.96. The zero-order valence-corrected chi connectivity index (χ0v) is 7.96. The van der Waals surface area contributed by atoms with Gasteiger partial charge < -0.3 is 11.1 Å². The maximum absolute atomic E-state index is 11.5. The Morgan fingerprint density at radius 3 is 2.62 bits per heavy atom. The molecule has 74 valence electrons. The zero-order chi connectivity index (χ0) is 9.68. The first-order valence-electron chi connectivity index (χ1n) is 4.88. The third-order valence-corrected chi connectivity index (χ3v) is 2.56. The number of hydrogen-bond acceptors (Lipinski definition) is 2. The first-order valence-corrected chi connectivity index (χ1v) is 4.88. The molecular weight excluding hydrogens is 164 g/mol. The molecule has 0 heterocycles. The molecular formula is C10H18N2O. The second kappa shape index (κ2) is 5.02. The molecule has 3 nitrogen and oxygen atoms in total. The van der Waals surface area contributed by atoms with Crippen LogP contribution >= 0.6 is 0 Å². The Morgan fingerprint density at radius 2 is 2.08 bits per heavy atom. The van der Waals surface area contributed by atoms with Gasteiger partial charge in [-0.2, -0.15) is 0 Å². The summed E-state index contributed by atoms with van der Waals surface area (Å²) in [5, 5.41) is 2.82. The first kappa shape index (κ1) is 10.3. The summed E-state index contributed by atoms with van der Waals surface area (Å²) in [5.74, 6) is 0.339. The van der Waals surface area contributed by atoms with Gasteiger partial charge in [0.1, 0.15) is 0 Å². The van der Waals surface area contributed by atoms with Crippen molar-refractivity contribution in [3.05, 3.63) is 12.7 Å². The van der Waals surface area contributed by atoms with Crippen LogP contribution in [0.1, 0.15) is 25.7 Å².